The third-order valence-electron chi connectivity index (χ3n) is 5.87. The monoisotopic (exact) mass is 501 g/mol. The summed E-state index contributed by atoms with van der Waals surface area (Å²) in [6, 6.07) is 18.2. The SMILES string of the molecule is COc1cc(Oc2ccc(NC(=O)Nc3cc(C(C)(C)C)cc(OC)c3OC)c3ccccc23)ccn1. The molecule has 0 radical (unpaired) electrons. The van der Waals surface area contributed by atoms with E-state index in [-0.39, 0.29) is 5.41 Å². The van der Waals surface area contributed by atoms with E-state index in [0.717, 1.165) is 16.3 Å². The quantitative estimate of drug-likeness (QED) is 0.283. The van der Waals surface area contributed by atoms with Gasteiger partial charge in [-0.25, -0.2) is 9.78 Å². The molecule has 0 fully saturated rings. The van der Waals surface area contributed by atoms with Crippen molar-refractivity contribution < 1.29 is 23.7 Å². The third-order valence-corrected chi connectivity index (χ3v) is 5.87. The van der Waals surface area contributed by atoms with Crippen molar-refractivity contribution in [2.45, 2.75) is 26.2 Å². The van der Waals surface area contributed by atoms with Crippen LogP contribution in [0.4, 0.5) is 16.2 Å². The molecule has 2 amide bonds. The Labute approximate surface area is 216 Å². The fourth-order valence-electron chi connectivity index (χ4n) is 3.93. The van der Waals surface area contributed by atoms with E-state index in [2.05, 4.69) is 36.4 Å². The summed E-state index contributed by atoms with van der Waals surface area (Å²) in [6.45, 7) is 6.28. The van der Waals surface area contributed by atoms with Crippen LogP contribution in [0, 0.1) is 0 Å². The van der Waals surface area contributed by atoms with Crippen molar-refractivity contribution in [2.75, 3.05) is 32.0 Å². The zero-order valence-corrected chi connectivity index (χ0v) is 21.8. The lowest BCUT2D eigenvalue weighted by atomic mass is 9.86. The number of anilines is 2. The highest BCUT2D eigenvalue weighted by molar-refractivity contribution is 6.08. The lowest BCUT2D eigenvalue weighted by Gasteiger charge is -2.23. The first-order valence-corrected chi connectivity index (χ1v) is 11.8. The highest BCUT2D eigenvalue weighted by atomic mass is 16.5. The molecule has 1 heterocycles. The van der Waals surface area contributed by atoms with Crippen molar-refractivity contribution in [1.82, 2.24) is 4.98 Å². The van der Waals surface area contributed by atoms with Crippen LogP contribution in [0.15, 0.2) is 66.9 Å². The second-order valence-corrected chi connectivity index (χ2v) is 9.38. The van der Waals surface area contributed by atoms with Gasteiger partial charge in [-0.15, -0.1) is 0 Å². The van der Waals surface area contributed by atoms with Gasteiger partial charge in [-0.05, 0) is 41.3 Å². The Bertz CT molecular complexity index is 1430. The first-order valence-electron chi connectivity index (χ1n) is 11.8. The molecule has 4 rings (SSSR count). The Kier molecular flexibility index (Phi) is 7.38. The molecule has 0 aliphatic heterocycles. The van der Waals surface area contributed by atoms with Gasteiger partial charge < -0.3 is 29.6 Å². The minimum atomic E-state index is -0.413. The summed E-state index contributed by atoms with van der Waals surface area (Å²) in [5, 5.41) is 7.54. The van der Waals surface area contributed by atoms with Crippen LogP contribution in [-0.4, -0.2) is 32.3 Å². The predicted octanol–water partition coefficient (Wildman–Crippen LogP) is 6.99. The average molecular weight is 502 g/mol. The molecular weight excluding hydrogens is 470 g/mol. The molecule has 0 unspecified atom stereocenters. The summed E-state index contributed by atoms with van der Waals surface area (Å²) in [5.41, 5.74) is 1.99. The molecule has 0 aliphatic rings. The molecule has 192 valence electrons. The number of nitrogens with one attached hydrogen (secondary N) is 2. The number of hydrogen-bond donors (Lipinski definition) is 2. The summed E-state index contributed by atoms with van der Waals surface area (Å²) in [5.74, 6) is 2.69. The van der Waals surface area contributed by atoms with Gasteiger partial charge in [0, 0.05) is 23.0 Å². The number of ether oxygens (including phenoxy) is 4. The van der Waals surface area contributed by atoms with Crippen molar-refractivity contribution in [3.8, 4) is 28.9 Å². The molecule has 3 aromatic carbocycles. The molecule has 0 spiro atoms. The molecule has 0 aliphatic carbocycles. The maximum atomic E-state index is 13.1. The Morgan fingerprint density at radius 2 is 1.51 bits per heavy atom. The average Bonchev–Trinajstić information content (AvgIpc) is 2.89. The van der Waals surface area contributed by atoms with Crippen LogP contribution in [-0.2, 0) is 5.41 Å². The number of pyridine rings is 1. The molecule has 8 nitrogen and oxygen atoms in total. The van der Waals surface area contributed by atoms with Crippen molar-refractivity contribution >= 4 is 28.2 Å². The highest BCUT2D eigenvalue weighted by Crippen LogP contribution is 2.40. The smallest absolute Gasteiger partial charge is 0.323 e. The molecule has 4 aromatic rings. The van der Waals surface area contributed by atoms with Crippen molar-refractivity contribution in [3.63, 3.8) is 0 Å². The second kappa shape index (κ2) is 10.7. The van der Waals surface area contributed by atoms with Crippen LogP contribution in [0.1, 0.15) is 26.3 Å². The first kappa shape index (κ1) is 25.6. The molecule has 37 heavy (non-hydrogen) atoms. The predicted molar refractivity (Wildman–Crippen MR) is 146 cm³/mol. The Hall–Kier alpha value is -4.46. The van der Waals surface area contributed by atoms with Crippen LogP contribution in [0.3, 0.4) is 0 Å². The van der Waals surface area contributed by atoms with Gasteiger partial charge in [-0.3, -0.25) is 0 Å². The molecule has 8 heteroatoms. The van der Waals surface area contributed by atoms with E-state index in [1.807, 2.05) is 42.5 Å². The third kappa shape index (κ3) is 5.69. The number of carbonyl (C=O) groups is 1. The molecular formula is C29H31N3O5. The van der Waals surface area contributed by atoms with E-state index in [1.165, 1.54) is 0 Å². The highest BCUT2D eigenvalue weighted by Gasteiger charge is 2.21. The molecule has 0 saturated heterocycles. The zero-order valence-electron chi connectivity index (χ0n) is 21.8. The van der Waals surface area contributed by atoms with E-state index >= 15 is 0 Å². The summed E-state index contributed by atoms with van der Waals surface area (Å²) < 4.78 is 22.4. The summed E-state index contributed by atoms with van der Waals surface area (Å²) in [7, 11) is 4.67. The van der Waals surface area contributed by atoms with E-state index in [1.54, 1.807) is 45.7 Å². The fourth-order valence-corrected chi connectivity index (χ4v) is 3.93. The number of benzene rings is 3. The second-order valence-electron chi connectivity index (χ2n) is 9.38. The van der Waals surface area contributed by atoms with E-state index in [9.17, 15) is 4.79 Å². The standard InChI is InChI=1S/C29H31N3O5/c1-29(2,3)18-15-23(27(36-6)25(16-18)34-4)32-28(33)31-22-11-12-24(21-10-8-7-9-20(21)22)37-19-13-14-30-26(17-19)35-5/h7-17H,1-6H3,(H2,31,32,33). The normalized spacial score (nSPS) is 11.1. The molecule has 2 N–H and O–H groups in total. The topological polar surface area (TPSA) is 90.9 Å². The molecule has 0 saturated carbocycles. The largest absolute Gasteiger partial charge is 0.493 e. The van der Waals surface area contributed by atoms with Crippen molar-refractivity contribution in [2.24, 2.45) is 0 Å². The maximum absolute atomic E-state index is 13.1. The zero-order chi connectivity index (χ0) is 26.6. The number of rotatable bonds is 7. The lowest BCUT2D eigenvalue weighted by Crippen LogP contribution is -2.21. The number of carbonyl (C=O) groups excluding carboxylic acids is 1. The van der Waals surface area contributed by atoms with Crippen LogP contribution in [0.2, 0.25) is 0 Å². The van der Waals surface area contributed by atoms with Gasteiger partial charge in [0.2, 0.25) is 5.88 Å². The first-order chi connectivity index (χ1) is 17.7. The number of hydrogen-bond acceptors (Lipinski definition) is 6. The lowest BCUT2D eigenvalue weighted by molar-refractivity contribution is 0.262. The van der Waals surface area contributed by atoms with E-state index < -0.39 is 6.03 Å². The van der Waals surface area contributed by atoms with Gasteiger partial charge in [0.25, 0.3) is 0 Å². The summed E-state index contributed by atoms with van der Waals surface area (Å²) in [4.78, 5) is 17.2. The molecule has 1 aromatic heterocycles. The van der Waals surface area contributed by atoms with E-state index in [0.29, 0.717) is 40.3 Å². The number of aromatic nitrogens is 1. The summed E-state index contributed by atoms with van der Waals surface area (Å²) >= 11 is 0. The minimum Gasteiger partial charge on any atom is -0.493 e. The van der Waals surface area contributed by atoms with Gasteiger partial charge in [0.05, 0.1) is 32.7 Å². The van der Waals surface area contributed by atoms with Gasteiger partial charge in [0.1, 0.15) is 11.5 Å². The number of methoxy groups -OCH3 is 3. The van der Waals surface area contributed by atoms with Gasteiger partial charge in [-0.1, -0.05) is 45.0 Å². The van der Waals surface area contributed by atoms with Crippen LogP contribution in [0.25, 0.3) is 10.8 Å². The number of amides is 2. The van der Waals surface area contributed by atoms with Crippen LogP contribution >= 0.6 is 0 Å². The number of urea groups is 1. The van der Waals surface area contributed by atoms with Gasteiger partial charge in [-0.2, -0.15) is 0 Å². The Balaban J connectivity index is 1.63. The fraction of sp³-hybridized carbons (Fsp3) is 0.241. The summed E-state index contributed by atoms with van der Waals surface area (Å²) in [6.07, 6.45) is 1.62. The molecule has 0 bridgehead atoms. The Morgan fingerprint density at radius 3 is 2.19 bits per heavy atom. The van der Waals surface area contributed by atoms with Crippen molar-refractivity contribution in [3.05, 3.63) is 72.4 Å². The van der Waals surface area contributed by atoms with Crippen LogP contribution in [0.5, 0.6) is 28.9 Å². The Morgan fingerprint density at radius 1 is 0.784 bits per heavy atom. The van der Waals surface area contributed by atoms with Gasteiger partial charge >= 0.3 is 6.03 Å². The number of fused-ring (bicyclic) bond motifs is 1. The van der Waals surface area contributed by atoms with Gasteiger partial charge in [0.15, 0.2) is 11.5 Å². The van der Waals surface area contributed by atoms with Crippen LogP contribution < -0.4 is 29.6 Å². The number of nitrogens with zero attached hydrogens (tertiary/aromatic N) is 1. The molecule has 0 atom stereocenters. The maximum Gasteiger partial charge on any atom is 0.323 e. The minimum absolute atomic E-state index is 0.155. The van der Waals surface area contributed by atoms with E-state index in [4.69, 9.17) is 18.9 Å². The van der Waals surface area contributed by atoms with Crippen molar-refractivity contribution in [1.29, 1.82) is 0 Å².